The first kappa shape index (κ1) is 25.8. The van der Waals surface area contributed by atoms with E-state index in [4.69, 9.17) is 9.97 Å². The molecule has 0 radical (unpaired) electrons. The predicted molar refractivity (Wildman–Crippen MR) is 172 cm³/mol. The van der Waals surface area contributed by atoms with Crippen LogP contribution in [-0.2, 0) is 6.54 Å². The average molecular weight is 542 g/mol. The summed E-state index contributed by atoms with van der Waals surface area (Å²) in [5.74, 6) is 0. The number of nitrogens with zero attached hydrogens (tertiary/aromatic N) is 3. The average Bonchev–Trinajstić information content (AvgIpc) is 3.23. The lowest BCUT2D eigenvalue weighted by molar-refractivity contribution is 0.529. The summed E-state index contributed by atoms with van der Waals surface area (Å²) >= 11 is 0. The van der Waals surface area contributed by atoms with Gasteiger partial charge in [-0.05, 0) is 40.1 Å². The molecule has 5 heteroatoms. The first-order valence-electron chi connectivity index (χ1n) is 15.3. The van der Waals surface area contributed by atoms with E-state index in [1.165, 1.54) is 71.1 Å². The van der Waals surface area contributed by atoms with Crippen molar-refractivity contribution < 1.29 is 0 Å². The van der Waals surface area contributed by atoms with Crippen LogP contribution in [0.3, 0.4) is 0 Å². The van der Waals surface area contributed by atoms with Crippen molar-refractivity contribution in [2.24, 2.45) is 0 Å². The summed E-state index contributed by atoms with van der Waals surface area (Å²) in [4.78, 5) is 36.8. The highest BCUT2D eigenvalue weighted by molar-refractivity contribution is 6.32. The number of hydrogen-bond acceptors (Lipinski definition) is 4. The van der Waals surface area contributed by atoms with Gasteiger partial charge in [-0.1, -0.05) is 113 Å². The topological polar surface area (TPSA) is 64.8 Å². The second kappa shape index (κ2) is 10.7. The maximum Gasteiger partial charge on any atom is 0.261 e. The molecule has 0 aliphatic rings. The van der Waals surface area contributed by atoms with Crippen molar-refractivity contribution in [3.05, 3.63) is 81.4 Å². The van der Waals surface area contributed by atoms with Crippen molar-refractivity contribution in [1.29, 1.82) is 0 Å². The van der Waals surface area contributed by atoms with Gasteiger partial charge in [-0.15, -0.1) is 0 Å². The molecule has 0 saturated carbocycles. The van der Waals surface area contributed by atoms with E-state index in [0.29, 0.717) is 28.4 Å². The Morgan fingerprint density at radius 1 is 0.561 bits per heavy atom. The van der Waals surface area contributed by atoms with E-state index in [2.05, 4.69) is 55.5 Å². The van der Waals surface area contributed by atoms with Crippen molar-refractivity contribution in [3.63, 3.8) is 0 Å². The fraction of sp³-hybridized carbons (Fsp3) is 0.333. The number of hydrogen-bond donors (Lipinski definition) is 0. The second-order valence-electron chi connectivity index (χ2n) is 11.6. The Balaban J connectivity index is 1.22. The molecule has 2 heterocycles. The molecule has 0 atom stereocenters. The Bertz CT molecular complexity index is 2010. The van der Waals surface area contributed by atoms with Crippen LogP contribution in [0.5, 0.6) is 0 Å². The minimum Gasteiger partial charge on any atom is -0.274 e. The lowest BCUT2D eigenvalue weighted by Crippen LogP contribution is -2.25. The highest BCUT2D eigenvalue weighted by atomic mass is 16.2. The molecule has 2 aromatic heterocycles. The van der Waals surface area contributed by atoms with Gasteiger partial charge in [0.15, 0.2) is 0 Å². The van der Waals surface area contributed by atoms with E-state index in [1.54, 1.807) is 12.1 Å². The van der Waals surface area contributed by atoms with E-state index < -0.39 is 0 Å². The van der Waals surface area contributed by atoms with Crippen molar-refractivity contribution in [2.45, 2.75) is 77.7 Å². The molecule has 206 valence electrons. The lowest BCUT2D eigenvalue weighted by atomic mass is 9.93. The molecule has 41 heavy (non-hydrogen) atoms. The molecular weight excluding hydrogens is 506 g/mol. The summed E-state index contributed by atoms with van der Waals surface area (Å²) in [6.07, 6.45) is 12.2. The number of benzene rings is 5. The zero-order chi connectivity index (χ0) is 27.9. The molecule has 7 aromatic rings. The summed E-state index contributed by atoms with van der Waals surface area (Å²) in [5, 5.41) is 7.73. The fourth-order valence-corrected chi connectivity index (χ4v) is 6.73. The van der Waals surface area contributed by atoms with Gasteiger partial charge in [-0.25, -0.2) is 9.97 Å². The van der Waals surface area contributed by atoms with Gasteiger partial charge < -0.3 is 0 Å². The van der Waals surface area contributed by atoms with Crippen LogP contribution < -0.4 is 11.1 Å². The Kier molecular flexibility index (Phi) is 6.74. The van der Waals surface area contributed by atoms with E-state index in [-0.39, 0.29) is 11.1 Å². The molecule has 0 fully saturated rings. The molecule has 5 aromatic carbocycles. The minimum absolute atomic E-state index is 0.209. The standard InChI is InChI=1S/C36H35N3O2/c1-2-3-4-5-6-7-8-9-10-11-20-39-35(40)27-21-29-30(22-28(27)36(39)41)38-34-26-17-13-15-24-19-18-23-14-12-16-25(33(34)37-29)31(23)32(24)26/h12-19,21-22H,2-11,20H2,1H3. The maximum atomic E-state index is 13.3. The van der Waals surface area contributed by atoms with Crippen molar-refractivity contribution in [2.75, 3.05) is 0 Å². The van der Waals surface area contributed by atoms with Crippen LogP contribution in [0.25, 0.3) is 65.2 Å². The molecule has 0 N–H and O–H groups in total. The van der Waals surface area contributed by atoms with Crippen LogP contribution in [-0.4, -0.2) is 14.5 Å². The Labute approximate surface area is 238 Å². The molecule has 7 rings (SSSR count). The molecule has 0 saturated heterocycles. The Morgan fingerprint density at radius 2 is 1.02 bits per heavy atom. The number of rotatable bonds is 11. The van der Waals surface area contributed by atoms with Crippen LogP contribution in [0.1, 0.15) is 71.1 Å². The zero-order valence-electron chi connectivity index (χ0n) is 23.7. The maximum absolute atomic E-state index is 13.3. The van der Waals surface area contributed by atoms with Gasteiger partial charge in [-0.2, -0.15) is 0 Å². The second-order valence-corrected chi connectivity index (χ2v) is 11.6. The third-order valence-corrected chi connectivity index (χ3v) is 8.89. The van der Waals surface area contributed by atoms with Crippen LogP contribution >= 0.6 is 0 Å². The predicted octanol–water partition coefficient (Wildman–Crippen LogP) is 8.71. The molecule has 0 amide bonds. The van der Waals surface area contributed by atoms with E-state index in [0.717, 1.165) is 41.1 Å². The van der Waals surface area contributed by atoms with Gasteiger partial charge >= 0.3 is 0 Å². The third kappa shape index (κ3) is 4.39. The van der Waals surface area contributed by atoms with Crippen LogP contribution in [0, 0.1) is 0 Å². The monoisotopic (exact) mass is 541 g/mol. The Morgan fingerprint density at radius 3 is 1.51 bits per heavy atom. The lowest BCUT2D eigenvalue weighted by Gasteiger charge is -2.13. The molecule has 0 spiro atoms. The summed E-state index contributed by atoms with van der Waals surface area (Å²) in [5.41, 5.74) is 2.53. The number of aromatic nitrogens is 3. The number of unbranched alkanes of at least 4 members (excludes halogenated alkanes) is 9. The highest BCUT2D eigenvalue weighted by Crippen LogP contribution is 2.39. The molecule has 0 unspecified atom stereocenters. The summed E-state index contributed by atoms with van der Waals surface area (Å²) in [7, 11) is 0. The summed E-state index contributed by atoms with van der Waals surface area (Å²) in [6.45, 7) is 2.72. The van der Waals surface area contributed by atoms with E-state index in [1.807, 2.05) is 0 Å². The fourth-order valence-electron chi connectivity index (χ4n) is 6.73. The highest BCUT2D eigenvalue weighted by Gasteiger charge is 2.18. The molecule has 0 bridgehead atoms. The summed E-state index contributed by atoms with van der Waals surface area (Å²) in [6, 6.07) is 20.5. The summed E-state index contributed by atoms with van der Waals surface area (Å²) < 4.78 is 1.42. The Hall–Kier alpha value is -4.12. The third-order valence-electron chi connectivity index (χ3n) is 8.89. The van der Waals surface area contributed by atoms with Crippen LogP contribution in [0.4, 0.5) is 0 Å². The quantitative estimate of drug-likeness (QED) is 0.0933. The molecule has 5 nitrogen and oxygen atoms in total. The molecule has 0 aliphatic heterocycles. The largest absolute Gasteiger partial charge is 0.274 e. The van der Waals surface area contributed by atoms with E-state index in [9.17, 15) is 9.59 Å². The van der Waals surface area contributed by atoms with Gasteiger partial charge in [0.05, 0.1) is 32.8 Å². The minimum atomic E-state index is -0.209. The van der Waals surface area contributed by atoms with Crippen molar-refractivity contribution in [3.8, 4) is 0 Å². The van der Waals surface area contributed by atoms with Gasteiger partial charge in [0.2, 0.25) is 0 Å². The van der Waals surface area contributed by atoms with Gasteiger partial charge in [0, 0.05) is 17.3 Å². The van der Waals surface area contributed by atoms with Gasteiger partial charge in [-0.3, -0.25) is 14.2 Å². The SMILES string of the molecule is CCCCCCCCCCCCn1c(=O)c2cc3nc4c5cccc6ccc7cccc(c4nc3cc2c1=O)c7c65. The zero-order valence-corrected chi connectivity index (χ0v) is 23.7. The number of fused-ring (bicyclic) bond motifs is 5. The van der Waals surface area contributed by atoms with Crippen LogP contribution in [0.15, 0.2) is 70.3 Å². The van der Waals surface area contributed by atoms with Crippen LogP contribution in [0.2, 0.25) is 0 Å². The molecule has 0 aliphatic carbocycles. The molecular formula is C36H35N3O2. The normalized spacial score (nSPS) is 12.3. The van der Waals surface area contributed by atoms with Crippen molar-refractivity contribution >= 4 is 65.2 Å². The first-order valence-corrected chi connectivity index (χ1v) is 15.3. The first-order chi connectivity index (χ1) is 20.2. The van der Waals surface area contributed by atoms with Gasteiger partial charge in [0.1, 0.15) is 0 Å². The van der Waals surface area contributed by atoms with Crippen molar-refractivity contribution in [1.82, 2.24) is 14.5 Å². The van der Waals surface area contributed by atoms with E-state index >= 15 is 0 Å². The van der Waals surface area contributed by atoms with Gasteiger partial charge in [0.25, 0.3) is 11.1 Å². The smallest absolute Gasteiger partial charge is 0.261 e.